The molecule has 0 bridgehead atoms. The summed E-state index contributed by atoms with van der Waals surface area (Å²) in [5.41, 5.74) is 6.61. The van der Waals surface area contributed by atoms with Crippen LogP contribution in [0.15, 0.2) is 47.4 Å². The first-order chi connectivity index (χ1) is 9.79. The van der Waals surface area contributed by atoms with Crippen molar-refractivity contribution in [3.05, 3.63) is 59.2 Å². The van der Waals surface area contributed by atoms with Crippen LogP contribution in [0.25, 0.3) is 0 Å². The van der Waals surface area contributed by atoms with Gasteiger partial charge < -0.3 is 5.73 Å². The maximum atomic E-state index is 12.7. The fraction of sp³-hybridized carbons (Fsp3) is 0.200. The molecule has 0 aliphatic carbocycles. The molecule has 2 aromatic carbocycles. The van der Waals surface area contributed by atoms with E-state index in [-0.39, 0.29) is 5.75 Å². The van der Waals surface area contributed by atoms with Gasteiger partial charge in [-0.3, -0.25) is 4.21 Å². The molecule has 0 radical (unpaired) electrons. The molecular weight excluding hydrogens is 299 g/mol. The number of alkyl halides is 3. The normalized spacial score (nSPS) is 13.1. The molecule has 0 amide bonds. The molecule has 0 saturated carbocycles. The molecule has 1 unspecified atom stereocenters. The molecule has 6 heteroatoms. The number of hydrogen-bond donors (Lipinski definition) is 1. The number of nitrogens with two attached hydrogens (primary N) is 1. The smallest absolute Gasteiger partial charge is 0.398 e. The maximum absolute atomic E-state index is 12.7. The topological polar surface area (TPSA) is 43.1 Å². The van der Waals surface area contributed by atoms with Crippen LogP contribution in [0.3, 0.4) is 0 Å². The quantitative estimate of drug-likeness (QED) is 0.873. The van der Waals surface area contributed by atoms with Crippen LogP contribution in [0.4, 0.5) is 18.9 Å². The third kappa shape index (κ3) is 3.64. The molecule has 2 nitrogen and oxygen atoms in total. The zero-order valence-corrected chi connectivity index (χ0v) is 12.1. The summed E-state index contributed by atoms with van der Waals surface area (Å²) in [7, 11) is -1.44. The Kier molecular flexibility index (Phi) is 4.37. The molecule has 0 heterocycles. The minimum atomic E-state index is -4.40. The minimum Gasteiger partial charge on any atom is -0.398 e. The van der Waals surface area contributed by atoms with Gasteiger partial charge >= 0.3 is 6.18 Å². The van der Waals surface area contributed by atoms with Crippen LogP contribution < -0.4 is 5.73 Å². The van der Waals surface area contributed by atoms with E-state index in [2.05, 4.69) is 0 Å². The standard InChI is InChI=1S/C15H14F3NOS/c1-10-13(19)6-3-7-14(10)21(20)9-11-4-2-5-12(8-11)15(16,17)18/h2-8H,9,19H2,1H3. The summed E-state index contributed by atoms with van der Waals surface area (Å²) in [5, 5.41) is 0. The second-order valence-corrected chi connectivity index (χ2v) is 6.08. The molecule has 0 spiro atoms. The van der Waals surface area contributed by atoms with Crippen LogP contribution in [0.1, 0.15) is 16.7 Å². The van der Waals surface area contributed by atoms with Crippen molar-refractivity contribution >= 4 is 16.5 Å². The molecule has 2 rings (SSSR count). The van der Waals surface area contributed by atoms with E-state index in [9.17, 15) is 17.4 Å². The number of halogens is 3. The van der Waals surface area contributed by atoms with Gasteiger partial charge in [0.2, 0.25) is 0 Å². The third-order valence-corrected chi connectivity index (χ3v) is 4.65. The van der Waals surface area contributed by atoms with Crippen molar-refractivity contribution < 1.29 is 17.4 Å². The number of nitrogen functional groups attached to an aromatic ring is 1. The van der Waals surface area contributed by atoms with Gasteiger partial charge in [0, 0.05) is 10.6 Å². The molecule has 0 aliphatic heterocycles. The van der Waals surface area contributed by atoms with Crippen molar-refractivity contribution in [2.75, 3.05) is 5.73 Å². The predicted octanol–water partition coefficient (Wildman–Crippen LogP) is 3.90. The zero-order chi connectivity index (χ0) is 15.6. The minimum absolute atomic E-state index is 0.0220. The van der Waals surface area contributed by atoms with Crippen LogP contribution in [-0.4, -0.2) is 4.21 Å². The van der Waals surface area contributed by atoms with E-state index in [0.29, 0.717) is 21.7 Å². The fourth-order valence-corrected chi connectivity index (χ4v) is 3.27. The van der Waals surface area contributed by atoms with Crippen LogP contribution in [-0.2, 0) is 22.7 Å². The van der Waals surface area contributed by atoms with Crippen molar-refractivity contribution in [1.82, 2.24) is 0 Å². The van der Waals surface area contributed by atoms with Gasteiger partial charge in [-0.2, -0.15) is 13.2 Å². The van der Waals surface area contributed by atoms with Gasteiger partial charge in [-0.15, -0.1) is 0 Å². The van der Waals surface area contributed by atoms with Crippen molar-refractivity contribution in [2.45, 2.75) is 23.7 Å². The number of benzene rings is 2. The predicted molar refractivity (Wildman–Crippen MR) is 77.1 cm³/mol. The largest absolute Gasteiger partial charge is 0.416 e. The first-order valence-electron chi connectivity index (χ1n) is 6.18. The number of hydrogen-bond acceptors (Lipinski definition) is 2. The Morgan fingerprint density at radius 2 is 1.81 bits per heavy atom. The van der Waals surface area contributed by atoms with Gasteiger partial charge in [0.25, 0.3) is 0 Å². The van der Waals surface area contributed by atoms with E-state index in [1.54, 1.807) is 25.1 Å². The van der Waals surface area contributed by atoms with E-state index >= 15 is 0 Å². The highest BCUT2D eigenvalue weighted by Crippen LogP contribution is 2.30. The molecule has 1 atom stereocenters. The van der Waals surface area contributed by atoms with Crippen molar-refractivity contribution in [3.8, 4) is 0 Å². The number of anilines is 1. The Morgan fingerprint density at radius 1 is 1.14 bits per heavy atom. The molecule has 0 fully saturated rings. The molecule has 0 aromatic heterocycles. The van der Waals surface area contributed by atoms with Gasteiger partial charge in [-0.1, -0.05) is 24.3 Å². The van der Waals surface area contributed by atoms with Gasteiger partial charge in [0.05, 0.1) is 22.1 Å². The van der Waals surface area contributed by atoms with Gasteiger partial charge in [-0.05, 0) is 36.2 Å². The first-order valence-corrected chi connectivity index (χ1v) is 7.50. The summed E-state index contributed by atoms with van der Waals surface area (Å²) in [6.07, 6.45) is -4.40. The highest BCUT2D eigenvalue weighted by atomic mass is 32.2. The van der Waals surface area contributed by atoms with E-state index in [1.807, 2.05) is 0 Å². The lowest BCUT2D eigenvalue weighted by Gasteiger charge is -2.10. The first kappa shape index (κ1) is 15.6. The summed E-state index contributed by atoms with van der Waals surface area (Å²) in [6.45, 7) is 1.74. The average Bonchev–Trinajstić information content (AvgIpc) is 2.41. The lowest BCUT2D eigenvalue weighted by molar-refractivity contribution is -0.137. The second-order valence-electron chi connectivity index (χ2n) is 4.66. The number of rotatable bonds is 3. The van der Waals surface area contributed by atoms with Gasteiger partial charge in [0.1, 0.15) is 0 Å². The van der Waals surface area contributed by atoms with Gasteiger partial charge in [-0.25, -0.2) is 0 Å². The molecule has 21 heavy (non-hydrogen) atoms. The van der Waals surface area contributed by atoms with Crippen LogP contribution >= 0.6 is 0 Å². The fourth-order valence-electron chi connectivity index (χ4n) is 1.94. The highest BCUT2D eigenvalue weighted by molar-refractivity contribution is 7.84. The second kappa shape index (κ2) is 5.89. The molecule has 2 N–H and O–H groups in total. The SMILES string of the molecule is Cc1c(N)cccc1S(=O)Cc1cccc(C(F)(F)F)c1. The average molecular weight is 313 g/mol. The monoisotopic (exact) mass is 313 g/mol. The van der Waals surface area contributed by atoms with E-state index in [1.165, 1.54) is 12.1 Å². The van der Waals surface area contributed by atoms with E-state index in [4.69, 9.17) is 5.73 Å². The van der Waals surface area contributed by atoms with E-state index < -0.39 is 22.5 Å². The molecule has 112 valence electrons. The summed E-state index contributed by atoms with van der Waals surface area (Å²) >= 11 is 0. The maximum Gasteiger partial charge on any atom is 0.416 e. The molecule has 0 aliphatic rings. The summed E-state index contributed by atoms with van der Waals surface area (Å²) in [5.74, 6) is 0.0220. The van der Waals surface area contributed by atoms with Crippen LogP contribution in [0, 0.1) is 6.92 Å². The Hall–Kier alpha value is -1.82. The zero-order valence-electron chi connectivity index (χ0n) is 11.3. The van der Waals surface area contributed by atoms with Crippen molar-refractivity contribution in [2.24, 2.45) is 0 Å². The molecule has 0 saturated heterocycles. The van der Waals surface area contributed by atoms with Crippen LogP contribution in [0.2, 0.25) is 0 Å². The lowest BCUT2D eigenvalue weighted by Crippen LogP contribution is -2.06. The Balaban J connectivity index is 2.26. The summed E-state index contributed by atoms with van der Waals surface area (Å²) in [6, 6.07) is 9.94. The van der Waals surface area contributed by atoms with Crippen LogP contribution in [0.5, 0.6) is 0 Å². The molecule has 2 aromatic rings. The highest BCUT2D eigenvalue weighted by Gasteiger charge is 2.30. The molecular formula is C15H14F3NOS. The Labute approximate surface area is 123 Å². The Morgan fingerprint density at radius 3 is 2.48 bits per heavy atom. The van der Waals surface area contributed by atoms with Crippen molar-refractivity contribution in [3.63, 3.8) is 0 Å². The van der Waals surface area contributed by atoms with Crippen molar-refractivity contribution in [1.29, 1.82) is 0 Å². The Bertz CT molecular complexity index is 683. The third-order valence-electron chi connectivity index (χ3n) is 3.12. The lowest BCUT2D eigenvalue weighted by atomic mass is 10.1. The summed E-state index contributed by atoms with van der Waals surface area (Å²) in [4.78, 5) is 0.549. The van der Waals surface area contributed by atoms with Gasteiger partial charge in [0.15, 0.2) is 0 Å². The summed E-state index contributed by atoms with van der Waals surface area (Å²) < 4.78 is 50.3. The van der Waals surface area contributed by atoms with E-state index in [0.717, 1.165) is 12.1 Å².